The summed E-state index contributed by atoms with van der Waals surface area (Å²) in [5.74, 6) is 0.946. The van der Waals surface area contributed by atoms with Crippen molar-refractivity contribution in [1.29, 1.82) is 0 Å². The van der Waals surface area contributed by atoms with Gasteiger partial charge in [-0.1, -0.05) is 30.0 Å². The first-order valence-electron chi connectivity index (χ1n) is 7.70. The van der Waals surface area contributed by atoms with Gasteiger partial charge in [0.05, 0.1) is 18.4 Å². The fraction of sp³-hybridized carbons (Fsp3) is 0.105. The Bertz CT molecular complexity index is 881. The van der Waals surface area contributed by atoms with E-state index < -0.39 is 0 Å². The summed E-state index contributed by atoms with van der Waals surface area (Å²) in [7, 11) is 3.11. The lowest BCUT2D eigenvalue weighted by atomic mass is 10.2. The molecule has 1 heterocycles. The molecule has 7 heteroatoms. The molecule has 3 aromatic rings. The van der Waals surface area contributed by atoms with Gasteiger partial charge in [-0.2, -0.15) is 0 Å². The third-order valence-corrected chi connectivity index (χ3v) is 6.42. The zero-order chi connectivity index (χ0) is 18.4. The number of amides is 1. The van der Waals surface area contributed by atoms with E-state index in [4.69, 9.17) is 9.47 Å². The van der Waals surface area contributed by atoms with E-state index >= 15 is 0 Å². The van der Waals surface area contributed by atoms with Gasteiger partial charge in [0, 0.05) is 20.7 Å². The molecule has 1 amide bonds. The van der Waals surface area contributed by atoms with Gasteiger partial charge in [0.1, 0.15) is 0 Å². The summed E-state index contributed by atoms with van der Waals surface area (Å²) in [5, 5.41) is 2.09. The largest absolute Gasteiger partial charge is 0.493 e. The number of carbonyl (C=O) groups is 1. The SMILES string of the molecule is COc1ccc(C(=O)NSc2cc(Sc3ccccc3)cs2)cc1OC. The van der Waals surface area contributed by atoms with Gasteiger partial charge in [-0.25, -0.2) is 0 Å². The molecule has 0 unspecified atom stereocenters. The summed E-state index contributed by atoms with van der Waals surface area (Å²) in [6.45, 7) is 0. The van der Waals surface area contributed by atoms with Crippen molar-refractivity contribution in [3.8, 4) is 11.5 Å². The molecule has 2 aromatic carbocycles. The number of benzene rings is 2. The Labute approximate surface area is 165 Å². The van der Waals surface area contributed by atoms with Crippen LogP contribution in [0.1, 0.15) is 10.4 Å². The van der Waals surface area contributed by atoms with E-state index in [1.807, 2.05) is 18.2 Å². The number of methoxy groups -OCH3 is 2. The highest BCUT2D eigenvalue weighted by molar-refractivity contribution is 8.00. The Kier molecular flexibility index (Phi) is 6.49. The molecule has 0 aliphatic heterocycles. The summed E-state index contributed by atoms with van der Waals surface area (Å²) in [6, 6.07) is 17.4. The van der Waals surface area contributed by atoms with E-state index in [1.54, 1.807) is 55.5 Å². The summed E-state index contributed by atoms with van der Waals surface area (Å²) in [5.41, 5.74) is 0.519. The minimum atomic E-state index is -0.179. The van der Waals surface area contributed by atoms with Crippen LogP contribution in [0.2, 0.25) is 0 Å². The number of rotatable bonds is 7. The van der Waals surface area contributed by atoms with E-state index in [2.05, 4.69) is 28.3 Å². The molecule has 0 saturated heterocycles. The van der Waals surface area contributed by atoms with E-state index in [0.29, 0.717) is 17.1 Å². The lowest BCUT2D eigenvalue weighted by Crippen LogP contribution is -2.15. The fourth-order valence-corrected chi connectivity index (χ4v) is 4.85. The van der Waals surface area contributed by atoms with Crippen molar-refractivity contribution < 1.29 is 14.3 Å². The summed E-state index contributed by atoms with van der Waals surface area (Å²) < 4.78 is 14.3. The number of hydrogen-bond donors (Lipinski definition) is 1. The van der Waals surface area contributed by atoms with Gasteiger partial charge in [-0.05, 0) is 48.3 Å². The molecule has 1 N–H and O–H groups in total. The average Bonchev–Trinajstić information content (AvgIpc) is 3.13. The molecule has 4 nitrogen and oxygen atoms in total. The van der Waals surface area contributed by atoms with E-state index in [1.165, 1.54) is 16.8 Å². The maximum atomic E-state index is 12.4. The Morgan fingerprint density at radius 3 is 2.46 bits per heavy atom. The van der Waals surface area contributed by atoms with Gasteiger partial charge in [0.15, 0.2) is 11.5 Å². The predicted octanol–water partition coefficient (Wildman–Crippen LogP) is 5.35. The molecule has 0 aliphatic carbocycles. The zero-order valence-corrected chi connectivity index (χ0v) is 16.7. The number of thiophene rings is 1. The van der Waals surface area contributed by atoms with Crippen LogP contribution in [0.25, 0.3) is 0 Å². The molecule has 0 radical (unpaired) electrons. The van der Waals surface area contributed by atoms with Crippen LogP contribution in [-0.2, 0) is 0 Å². The van der Waals surface area contributed by atoms with Crippen LogP contribution in [0, 0.1) is 0 Å². The van der Waals surface area contributed by atoms with Crippen LogP contribution >= 0.6 is 35.0 Å². The van der Waals surface area contributed by atoms with E-state index in [9.17, 15) is 4.79 Å². The molecule has 0 spiro atoms. The smallest absolute Gasteiger partial charge is 0.261 e. The standard InChI is InChI=1S/C19H17NO3S3/c1-22-16-9-8-13(10-17(16)23-2)19(21)20-26-18-11-15(12-24-18)25-14-6-4-3-5-7-14/h3-12H,1-2H3,(H,20,21). The summed E-state index contributed by atoms with van der Waals surface area (Å²) in [4.78, 5) is 14.7. The van der Waals surface area contributed by atoms with Crippen LogP contribution in [0.4, 0.5) is 0 Å². The Balaban J connectivity index is 1.60. The zero-order valence-electron chi connectivity index (χ0n) is 14.2. The minimum absolute atomic E-state index is 0.179. The normalized spacial score (nSPS) is 10.4. The second-order valence-corrected chi connectivity index (χ2v) is 8.28. The van der Waals surface area contributed by atoms with Crippen molar-refractivity contribution in [3.05, 3.63) is 65.5 Å². The Morgan fingerprint density at radius 1 is 0.962 bits per heavy atom. The Morgan fingerprint density at radius 2 is 1.73 bits per heavy atom. The molecule has 26 heavy (non-hydrogen) atoms. The number of ether oxygens (including phenoxy) is 2. The molecule has 0 saturated carbocycles. The van der Waals surface area contributed by atoms with Gasteiger partial charge in [0.2, 0.25) is 0 Å². The highest BCUT2D eigenvalue weighted by atomic mass is 32.2. The van der Waals surface area contributed by atoms with Crippen LogP contribution in [0.15, 0.2) is 74.0 Å². The van der Waals surface area contributed by atoms with Gasteiger partial charge in [-0.3, -0.25) is 9.52 Å². The third kappa shape index (κ3) is 4.75. The predicted molar refractivity (Wildman–Crippen MR) is 108 cm³/mol. The van der Waals surface area contributed by atoms with Crippen molar-refractivity contribution in [1.82, 2.24) is 4.72 Å². The van der Waals surface area contributed by atoms with Crippen molar-refractivity contribution in [3.63, 3.8) is 0 Å². The monoisotopic (exact) mass is 403 g/mol. The topological polar surface area (TPSA) is 47.6 Å². The highest BCUT2D eigenvalue weighted by Crippen LogP contribution is 2.34. The lowest BCUT2D eigenvalue weighted by molar-refractivity contribution is 0.0984. The molecule has 3 rings (SSSR count). The second-order valence-electron chi connectivity index (χ2n) is 5.12. The maximum absolute atomic E-state index is 12.4. The van der Waals surface area contributed by atoms with E-state index in [-0.39, 0.29) is 5.91 Å². The van der Waals surface area contributed by atoms with Crippen LogP contribution < -0.4 is 14.2 Å². The van der Waals surface area contributed by atoms with Gasteiger partial charge < -0.3 is 9.47 Å². The van der Waals surface area contributed by atoms with Crippen LogP contribution in [0.3, 0.4) is 0 Å². The number of hydrogen-bond acceptors (Lipinski definition) is 6. The molecular formula is C19H17NO3S3. The summed E-state index contributed by atoms with van der Waals surface area (Å²) in [6.07, 6.45) is 0. The van der Waals surface area contributed by atoms with Crippen LogP contribution in [0.5, 0.6) is 11.5 Å². The van der Waals surface area contributed by atoms with E-state index in [0.717, 1.165) is 9.10 Å². The Hall–Kier alpha value is -2.09. The first-order chi connectivity index (χ1) is 12.7. The third-order valence-electron chi connectivity index (χ3n) is 3.42. The van der Waals surface area contributed by atoms with Gasteiger partial charge in [0.25, 0.3) is 5.91 Å². The lowest BCUT2D eigenvalue weighted by Gasteiger charge is -2.09. The molecule has 0 fully saturated rings. The first-order valence-corrected chi connectivity index (χ1v) is 10.2. The molecule has 134 valence electrons. The summed E-state index contributed by atoms with van der Waals surface area (Å²) >= 11 is 4.62. The average molecular weight is 404 g/mol. The second kappa shape index (κ2) is 9.02. The molecule has 0 bridgehead atoms. The van der Waals surface area contributed by atoms with Crippen molar-refractivity contribution in [2.45, 2.75) is 14.0 Å². The molecule has 1 aromatic heterocycles. The van der Waals surface area contributed by atoms with Crippen molar-refractivity contribution in [2.24, 2.45) is 0 Å². The van der Waals surface area contributed by atoms with Crippen molar-refractivity contribution in [2.75, 3.05) is 14.2 Å². The fourth-order valence-electron chi connectivity index (χ4n) is 2.17. The van der Waals surface area contributed by atoms with Gasteiger partial charge in [-0.15, -0.1) is 11.3 Å². The molecule has 0 atom stereocenters. The first kappa shape index (κ1) is 18.7. The number of carbonyl (C=O) groups excluding carboxylic acids is 1. The number of nitrogens with one attached hydrogen (secondary N) is 1. The van der Waals surface area contributed by atoms with Crippen molar-refractivity contribution >= 4 is 41.0 Å². The van der Waals surface area contributed by atoms with Gasteiger partial charge >= 0.3 is 0 Å². The highest BCUT2D eigenvalue weighted by Gasteiger charge is 2.12. The van der Waals surface area contributed by atoms with Crippen LogP contribution in [-0.4, -0.2) is 20.1 Å². The minimum Gasteiger partial charge on any atom is -0.493 e. The maximum Gasteiger partial charge on any atom is 0.261 e. The molecular weight excluding hydrogens is 386 g/mol. The molecule has 0 aliphatic rings. The quantitative estimate of drug-likeness (QED) is 0.539.